The molecule has 0 saturated carbocycles. The van der Waals surface area contributed by atoms with Crippen molar-refractivity contribution in [2.24, 2.45) is 0 Å². The molecule has 0 aromatic carbocycles. The molecule has 0 spiro atoms. The molecule has 1 unspecified atom stereocenters. The monoisotopic (exact) mass is 212 g/mol. The number of carbonyl (C=O) groups excluding carboxylic acids is 1. The van der Waals surface area contributed by atoms with Crippen LogP contribution in [0, 0.1) is 0 Å². The standard InChI is InChI=1S/C12H20O3/c1-9(6-8-14-10(2)13)11-5-7-12(3,4)15-11/h6,11H,5,7-8H2,1-4H3. The first-order chi connectivity index (χ1) is 6.91. The van der Waals surface area contributed by atoms with Crippen LogP contribution in [0.3, 0.4) is 0 Å². The highest BCUT2D eigenvalue weighted by atomic mass is 16.5. The van der Waals surface area contributed by atoms with Gasteiger partial charge in [-0.2, -0.15) is 0 Å². The minimum Gasteiger partial charge on any atom is -0.462 e. The molecule has 0 N–H and O–H groups in total. The van der Waals surface area contributed by atoms with Crippen molar-refractivity contribution in [2.75, 3.05) is 6.61 Å². The van der Waals surface area contributed by atoms with Gasteiger partial charge in [-0.05, 0) is 45.3 Å². The highest BCUT2D eigenvalue weighted by molar-refractivity contribution is 5.66. The summed E-state index contributed by atoms with van der Waals surface area (Å²) in [7, 11) is 0. The van der Waals surface area contributed by atoms with Gasteiger partial charge in [0.15, 0.2) is 0 Å². The quantitative estimate of drug-likeness (QED) is 0.532. The molecular weight excluding hydrogens is 192 g/mol. The fourth-order valence-electron chi connectivity index (χ4n) is 1.72. The molecule has 0 bridgehead atoms. The van der Waals surface area contributed by atoms with E-state index in [4.69, 9.17) is 9.47 Å². The van der Waals surface area contributed by atoms with E-state index in [0.717, 1.165) is 18.4 Å². The molecule has 0 aromatic heterocycles. The molecule has 86 valence electrons. The lowest BCUT2D eigenvalue weighted by Gasteiger charge is -2.19. The average Bonchev–Trinajstić information content (AvgIpc) is 2.45. The van der Waals surface area contributed by atoms with Gasteiger partial charge in [-0.3, -0.25) is 4.79 Å². The molecule has 0 amide bonds. The molecule has 1 aliphatic rings. The summed E-state index contributed by atoms with van der Waals surface area (Å²) in [5.74, 6) is -0.244. The van der Waals surface area contributed by atoms with Gasteiger partial charge < -0.3 is 9.47 Å². The lowest BCUT2D eigenvalue weighted by Crippen LogP contribution is -2.20. The lowest BCUT2D eigenvalue weighted by molar-refractivity contribution is -0.139. The van der Waals surface area contributed by atoms with Crippen molar-refractivity contribution in [2.45, 2.75) is 52.2 Å². The summed E-state index contributed by atoms with van der Waals surface area (Å²) < 4.78 is 10.7. The summed E-state index contributed by atoms with van der Waals surface area (Å²) in [5, 5.41) is 0. The molecule has 0 aliphatic carbocycles. The van der Waals surface area contributed by atoms with Gasteiger partial charge in [0.1, 0.15) is 6.61 Å². The highest BCUT2D eigenvalue weighted by Gasteiger charge is 2.32. The predicted molar refractivity (Wildman–Crippen MR) is 58.6 cm³/mol. The molecule has 1 heterocycles. The second kappa shape index (κ2) is 4.79. The van der Waals surface area contributed by atoms with Crippen LogP contribution >= 0.6 is 0 Å². The van der Waals surface area contributed by atoms with Crippen LogP contribution in [-0.2, 0) is 14.3 Å². The second-order valence-electron chi connectivity index (χ2n) is 4.66. The largest absolute Gasteiger partial charge is 0.462 e. The highest BCUT2D eigenvalue weighted by Crippen LogP contribution is 2.32. The van der Waals surface area contributed by atoms with Crippen LogP contribution in [0.2, 0.25) is 0 Å². The number of hydrogen-bond acceptors (Lipinski definition) is 3. The zero-order valence-electron chi connectivity index (χ0n) is 10.0. The Morgan fingerprint density at radius 2 is 2.20 bits per heavy atom. The van der Waals surface area contributed by atoms with Gasteiger partial charge in [0.2, 0.25) is 0 Å². The Morgan fingerprint density at radius 1 is 1.53 bits per heavy atom. The maximum Gasteiger partial charge on any atom is 0.302 e. The van der Waals surface area contributed by atoms with Crippen molar-refractivity contribution < 1.29 is 14.3 Å². The number of hydrogen-bond donors (Lipinski definition) is 0. The molecule has 0 radical (unpaired) electrons. The van der Waals surface area contributed by atoms with Crippen molar-refractivity contribution in [3.63, 3.8) is 0 Å². The van der Waals surface area contributed by atoms with Gasteiger partial charge in [0, 0.05) is 6.92 Å². The van der Waals surface area contributed by atoms with Gasteiger partial charge in [0.05, 0.1) is 11.7 Å². The van der Waals surface area contributed by atoms with E-state index in [9.17, 15) is 4.79 Å². The summed E-state index contributed by atoms with van der Waals surface area (Å²) in [6.45, 7) is 7.99. The molecule has 3 nitrogen and oxygen atoms in total. The van der Waals surface area contributed by atoms with Gasteiger partial charge >= 0.3 is 5.97 Å². The smallest absolute Gasteiger partial charge is 0.302 e. The maximum atomic E-state index is 10.6. The Morgan fingerprint density at radius 3 is 2.67 bits per heavy atom. The molecular formula is C12H20O3. The minimum atomic E-state index is -0.244. The third-order valence-corrected chi connectivity index (χ3v) is 2.67. The van der Waals surface area contributed by atoms with E-state index < -0.39 is 0 Å². The first-order valence-electron chi connectivity index (χ1n) is 5.38. The second-order valence-corrected chi connectivity index (χ2v) is 4.66. The van der Waals surface area contributed by atoms with E-state index in [1.165, 1.54) is 6.92 Å². The molecule has 0 aromatic rings. The van der Waals surface area contributed by atoms with E-state index in [-0.39, 0.29) is 17.7 Å². The fraction of sp³-hybridized carbons (Fsp3) is 0.750. The summed E-state index contributed by atoms with van der Waals surface area (Å²) >= 11 is 0. The van der Waals surface area contributed by atoms with Gasteiger partial charge in [-0.25, -0.2) is 0 Å². The summed E-state index contributed by atoms with van der Waals surface area (Å²) in [6, 6.07) is 0. The van der Waals surface area contributed by atoms with Crippen molar-refractivity contribution in [3.05, 3.63) is 11.6 Å². The third-order valence-electron chi connectivity index (χ3n) is 2.67. The first-order valence-corrected chi connectivity index (χ1v) is 5.38. The van der Waals surface area contributed by atoms with E-state index in [1.807, 2.05) is 13.0 Å². The number of carbonyl (C=O) groups is 1. The van der Waals surface area contributed by atoms with Crippen LogP contribution in [0.4, 0.5) is 0 Å². The van der Waals surface area contributed by atoms with E-state index in [2.05, 4.69) is 13.8 Å². The molecule has 1 aliphatic heterocycles. The van der Waals surface area contributed by atoms with Gasteiger partial charge in [-0.1, -0.05) is 0 Å². The Balaban J connectivity index is 2.40. The third kappa shape index (κ3) is 4.04. The topological polar surface area (TPSA) is 35.5 Å². The zero-order chi connectivity index (χ0) is 11.5. The zero-order valence-corrected chi connectivity index (χ0v) is 10.0. The van der Waals surface area contributed by atoms with Crippen molar-refractivity contribution >= 4 is 5.97 Å². The van der Waals surface area contributed by atoms with Crippen LogP contribution in [0.25, 0.3) is 0 Å². The molecule has 15 heavy (non-hydrogen) atoms. The molecule has 1 rings (SSSR count). The summed E-state index contributed by atoms with van der Waals surface area (Å²) in [5.41, 5.74) is 1.14. The van der Waals surface area contributed by atoms with Gasteiger partial charge in [0.25, 0.3) is 0 Å². The van der Waals surface area contributed by atoms with Crippen LogP contribution in [0.1, 0.15) is 40.5 Å². The van der Waals surface area contributed by atoms with Gasteiger partial charge in [-0.15, -0.1) is 0 Å². The Kier molecular flexibility index (Phi) is 3.91. The van der Waals surface area contributed by atoms with Crippen LogP contribution in [-0.4, -0.2) is 24.3 Å². The van der Waals surface area contributed by atoms with E-state index >= 15 is 0 Å². The van der Waals surface area contributed by atoms with Crippen molar-refractivity contribution in [1.29, 1.82) is 0 Å². The number of rotatable bonds is 3. The van der Waals surface area contributed by atoms with E-state index in [1.54, 1.807) is 0 Å². The number of ether oxygens (including phenoxy) is 2. The average molecular weight is 212 g/mol. The van der Waals surface area contributed by atoms with Crippen LogP contribution in [0.15, 0.2) is 11.6 Å². The summed E-state index contributed by atoms with van der Waals surface area (Å²) in [4.78, 5) is 10.6. The van der Waals surface area contributed by atoms with Crippen LogP contribution in [0.5, 0.6) is 0 Å². The van der Waals surface area contributed by atoms with Crippen molar-refractivity contribution in [1.82, 2.24) is 0 Å². The Hall–Kier alpha value is -0.830. The van der Waals surface area contributed by atoms with Crippen LogP contribution < -0.4 is 0 Å². The van der Waals surface area contributed by atoms with E-state index in [0.29, 0.717) is 6.61 Å². The number of esters is 1. The normalized spacial score (nSPS) is 25.3. The predicted octanol–water partition coefficient (Wildman–Crippen LogP) is 2.45. The molecule has 3 heteroatoms. The Bertz CT molecular complexity index is 266. The molecule has 1 atom stereocenters. The molecule has 1 fully saturated rings. The SMILES string of the molecule is CC(=O)OCC=C(C)C1CCC(C)(C)O1. The maximum absolute atomic E-state index is 10.6. The van der Waals surface area contributed by atoms with Crippen molar-refractivity contribution in [3.8, 4) is 0 Å². The molecule has 1 saturated heterocycles. The first kappa shape index (κ1) is 12.2. The summed E-state index contributed by atoms with van der Waals surface area (Å²) in [6.07, 6.45) is 4.25. The fourth-order valence-corrected chi connectivity index (χ4v) is 1.72. The lowest BCUT2D eigenvalue weighted by atomic mass is 10.0. The Labute approximate surface area is 91.4 Å². The minimum absolute atomic E-state index is 0.0127.